The van der Waals surface area contributed by atoms with Gasteiger partial charge >= 0.3 is 5.97 Å². The first-order valence-electron chi connectivity index (χ1n) is 5.92. The van der Waals surface area contributed by atoms with Crippen molar-refractivity contribution in [1.82, 2.24) is 0 Å². The molecule has 1 rings (SSSR count). The van der Waals surface area contributed by atoms with Crippen molar-refractivity contribution < 1.29 is 23.1 Å². The van der Waals surface area contributed by atoms with Crippen LogP contribution in [0, 0.1) is 5.41 Å². The Morgan fingerprint density at radius 3 is 2.56 bits per heavy atom. The summed E-state index contributed by atoms with van der Waals surface area (Å²) in [6, 6.07) is 0. The molecule has 1 unspecified atom stereocenters. The maximum Gasteiger partial charge on any atom is 0.353 e. The lowest BCUT2D eigenvalue weighted by Gasteiger charge is -2.25. The summed E-state index contributed by atoms with van der Waals surface area (Å²) in [7, 11) is 0. The van der Waals surface area contributed by atoms with Crippen molar-refractivity contribution in [3.8, 4) is 0 Å². The Morgan fingerprint density at radius 2 is 2.17 bits per heavy atom. The van der Waals surface area contributed by atoms with E-state index in [0.717, 1.165) is 0 Å². The third kappa shape index (κ3) is 3.17. The fourth-order valence-corrected chi connectivity index (χ4v) is 1.69. The first-order chi connectivity index (χ1) is 8.21. The number of carbonyl (C=O) groups excluding carboxylic acids is 1. The Labute approximate surface area is 105 Å². The van der Waals surface area contributed by atoms with Crippen LogP contribution in [0.15, 0.2) is 5.16 Å². The molecule has 1 atom stereocenters. The molecule has 0 aromatic heterocycles. The van der Waals surface area contributed by atoms with E-state index < -0.39 is 24.4 Å². The van der Waals surface area contributed by atoms with E-state index in [9.17, 15) is 13.6 Å². The molecular weight excluding hydrogens is 244 g/mol. The van der Waals surface area contributed by atoms with Gasteiger partial charge in [0.15, 0.2) is 0 Å². The standard InChI is InChI=1S/C12H19F2NO3/c1-5-17-10(16)12(7-9(13)14)6-8(15-18-12)11(2,3)4/h9H,5-7H2,1-4H3. The highest BCUT2D eigenvalue weighted by Gasteiger charge is 2.51. The smallest absolute Gasteiger partial charge is 0.353 e. The number of ether oxygens (including phenoxy) is 1. The maximum atomic E-state index is 12.6. The minimum atomic E-state index is -2.65. The van der Waals surface area contributed by atoms with E-state index in [2.05, 4.69) is 5.16 Å². The SMILES string of the molecule is CCOC(=O)C1(CC(F)F)CC(C(C)(C)C)=NO1. The number of esters is 1. The minimum absolute atomic E-state index is 0.0552. The van der Waals surface area contributed by atoms with Crippen LogP contribution in [0.2, 0.25) is 0 Å². The first-order valence-corrected chi connectivity index (χ1v) is 5.92. The van der Waals surface area contributed by atoms with Gasteiger partial charge in [-0.3, -0.25) is 0 Å². The summed E-state index contributed by atoms with van der Waals surface area (Å²) >= 11 is 0. The number of carbonyl (C=O) groups is 1. The highest BCUT2D eigenvalue weighted by Crippen LogP contribution is 2.36. The van der Waals surface area contributed by atoms with E-state index in [1.807, 2.05) is 20.8 Å². The molecule has 1 aliphatic rings. The van der Waals surface area contributed by atoms with Crippen LogP contribution in [-0.4, -0.2) is 30.3 Å². The zero-order chi connectivity index (χ0) is 14.0. The van der Waals surface area contributed by atoms with E-state index in [1.54, 1.807) is 6.92 Å². The Hall–Kier alpha value is -1.20. The summed E-state index contributed by atoms with van der Waals surface area (Å²) in [5.74, 6) is -0.770. The van der Waals surface area contributed by atoms with Gasteiger partial charge in [0.2, 0.25) is 12.0 Å². The Kier molecular flexibility index (Phi) is 4.29. The molecule has 0 spiro atoms. The van der Waals surface area contributed by atoms with Gasteiger partial charge in [-0.15, -0.1) is 0 Å². The van der Waals surface area contributed by atoms with E-state index in [0.29, 0.717) is 5.71 Å². The fourth-order valence-electron chi connectivity index (χ4n) is 1.69. The number of hydrogen-bond acceptors (Lipinski definition) is 4. The van der Waals surface area contributed by atoms with Gasteiger partial charge in [-0.2, -0.15) is 0 Å². The molecule has 0 saturated heterocycles. The van der Waals surface area contributed by atoms with Gasteiger partial charge in [-0.05, 0) is 6.92 Å². The van der Waals surface area contributed by atoms with Gasteiger partial charge in [0, 0.05) is 11.8 Å². The molecule has 0 aromatic rings. The Balaban J connectivity index is 2.88. The second kappa shape index (κ2) is 5.20. The van der Waals surface area contributed by atoms with Crippen molar-refractivity contribution in [2.75, 3.05) is 6.61 Å². The van der Waals surface area contributed by atoms with Crippen molar-refractivity contribution >= 4 is 11.7 Å². The summed E-state index contributed by atoms with van der Waals surface area (Å²) in [5.41, 5.74) is -1.39. The van der Waals surface area contributed by atoms with Crippen LogP contribution in [0.4, 0.5) is 8.78 Å². The highest BCUT2D eigenvalue weighted by molar-refractivity contribution is 5.96. The second-order valence-electron chi connectivity index (χ2n) is 5.37. The zero-order valence-corrected chi connectivity index (χ0v) is 11.1. The normalized spacial score (nSPS) is 23.8. The van der Waals surface area contributed by atoms with Gasteiger partial charge in [0.05, 0.1) is 18.7 Å². The molecule has 6 heteroatoms. The highest BCUT2D eigenvalue weighted by atomic mass is 19.3. The minimum Gasteiger partial charge on any atom is -0.463 e. The average molecular weight is 263 g/mol. The van der Waals surface area contributed by atoms with Crippen molar-refractivity contribution in [1.29, 1.82) is 0 Å². The number of nitrogens with zero attached hydrogens (tertiary/aromatic N) is 1. The summed E-state index contributed by atoms with van der Waals surface area (Å²) in [6.07, 6.45) is -3.29. The van der Waals surface area contributed by atoms with Crippen LogP contribution in [0.5, 0.6) is 0 Å². The average Bonchev–Trinajstić information content (AvgIpc) is 2.62. The Morgan fingerprint density at radius 1 is 1.56 bits per heavy atom. The van der Waals surface area contributed by atoms with E-state index in [-0.39, 0.29) is 18.4 Å². The number of halogens is 2. The van der Waals surface area contributed by atoms with E-state index in [4.69, 9.17) is 9.57 Å². The Bertz CT molecular complexity index is 350. The molecule has 0 N–H and O–H groups in total. The monoisotopic (exact) mass is 263 g/mol. The molecule has 0 saturated carbocycles. The van der Waals surface area contributed by atoms with Gasteiger partial charge in [-0.1, -0.05) is 25.9 Å². The summed E-state index contributed by atoms with van der Waals surface area (Å²) in [4.78, 5) is 16.9. The topological polar surface area (TPSA) is 47.9 Å². The molecule has 0 amide bonds. The van der Waals surface area contributed by atoms with Crippen LogP contribution in [0.25, 0.3) is 0 Å². The molecule has 0 fully saturated rings. The van der Waals surface area contributed by atoms with E-state index >= 15 is 0 Å². The number of rotatable bonds is 4. The molecule has 0 radical (unpaired) electrons. The predicted molar refractivity (Wildman–Crippen MR) is 62.6 cm³/mol. The van der Waals surface area contributed by atoms with Crippen molar-refractivity contribution in [2.45, 2.75) is 52.6 Å². The third-order valence-corrected chi connectivity index (χ3v) is 2.78. The van der Waals surface area contributed by atoms with Crippen LogP contribution >= 0.6 is 0 Å². The van der Waals surface area contributed by atoms with Crippen LogP contribution < -0.4 is 0 Å². The quantitative estimate of drug-likeness (QED) is 0.733. The van der Waals surface area contributed by atoms with Crippen molar-refractivity contribution in [2.24, 2.45) is 10.6 Å². The first kappa shape index (κ1) is 14.9. The molecule has 1 heterocycles. The molecule has 0 bridgehead atoms. The van der Waals surface area contributed by atoms with Gasteiger partial charge in [-0.25, -0.2) is 13.6 Å². The molecule has 104 valence electrons. The second-order valence-corrected chi connectivity index (χ2v) is 5.37. The summed E-state index contributed by atoms with van der Waals surface area (Å²) in [6.45, 7) is 7.41. The molecule has 18 heavy (non-hydrogen) atoms. The third-order valence-electron chi connectivity index (χ3n) is 2.78. The largest absolute Gasteiger partial charge is 0.463 e. The van der Waals surface area contributed by atoms with Crippen LogP contribution in [-0.2, 0) is 14.4 Å². The molecule has 0 aromatic carbocycles. The number of alkyl halides is 2. The summed E-state index contributed by atoms with van der Waals surface area (Å²) < 4.78 is 30.1. The van der Waals surface area contributed by atoms with Crippen LogP contribution in [0.1, 0.15) is 40.5 Å². The summed E-state index contributed by atoms with van der Waals surface area (Å²) in [5, 5.41) is 3.80. The lowest BCUT2D eigenvalue weighted by Crippen LogP contribution is -2.43. The predicted octanol–water partition coefficient (Wildman–Crippen LogP) is 2.77. The van der Waals surface area contributed by atoms with E-state index in [1.165, 1.54) is 0 Å². The fraction of sp³-hybridized carbons (Fsp3) is 0.833. The van der Waals surface area contributed by atoms with Crippen molar-refractivity contribution in [3.63, 3.8) is 0 Å². The van der Waals surface area contributed by atoms with Gasteiger partial charge < -0.3 is 9.57 Å². The van der Waals surface area contributed by atoms with Crippen molar-refractivity contribution in [3.05, 3.63) is 0 Å². The lowest BCUT2D eigenvalue weighted by atomic mass is 9.82. The molecular formula is C12H19F2NO3. The van der Waals surface area contributed by atoms with Gasteiger partial charge in [0.1, 0.15) is 0 Å². The molecule has 1 aliphatic heterocycles. The molecule has 0 aliphatic carbocycles. The zero-order valence-electron chi connectivity index (χ0n) is 11.1. The number of oxime groups is 1. The number of hydrogen-bond donors (Lipinski definition) is 0. The lowest BCUT2D eigenvalue weighted by molar-refractivity contribution is -0.173. The molecule has 4 nitrogen and oxygen atoms in total. The van der Waals surface area contributed by atoms with Gasteiger partial charge in [0.25, 0.3) is 0 Å². The van der Waals surface area contributed by atoms with Crippen LogP contribution in [0.3, 0.4) is 0 Å². The maximum absolute atomic E-state index is 12.6.